The number of thiophene rings is 1. The van der Waals surface area contributed by atoms with E-state index in [1.807, 2.05) is 12.3 Å². The van der Waals surface area contributed by atoms with Gasteiger partial charge in [-0.15, -0.1) is 11.3 Å². The van der Waals surface area contributed by atoms with Crippen LogP contribution in [0.2, 0.25) is 0 Å². The van der Waals surface area contributed by atoms with Crippen molar-refractivity contribution in [3.05, 3.63) is 65.3 Å². The van der Waals surface area contributed by atoms with Gasteiger partial charge in [0.2, 0.25) is 0 Å². The largest absolute Gasteiger partial charge is 0.271 e. The number of nitrogens with zero attached hydrogens (tertiary/aromatic N) is 1. The number of aromatic nitrogens is 1. The highest BCUT2D eigenvalue weighted by Crippen LogP contribution is 2.27. The van der Waals surface area contributed by atoms with Crippen molar-refractivity contribution in [3.63, 3.8) is 0 Å². The Morgan fingerprint density at radius 2 is 2.10 bits per heavy atom. The van der Waals surface area contributed by atoms with Gasteiger partial charge in [-0.25, -0.2) is 0 Å². The van der Waals surface area contributed by atoms with Crippen LogP contribution in [-0.4, -0.2) is 11.0 Å². The van der Waals surface area contributed by atoms with Crippen molar-refractivity contribution >= 4 is 21.4 Å². The summed E-state index contributed by atoms with van der Waals surface area (Å²) in [6, 6.07) is 12.9. The van der Waals surface area contributed by atoms with E-state index in [2.05, 4.69) is 46.1 Å². The van der Waals surface area contributed by atoms with Crippen LogP contribution >= 0.6 is 11.3 Å². The molecule has 0 radical (unpaired) electrons. The molecule has 4 heteroatoms. The lowest BCUT2D eigenvalue weighted by Gasteiger charge is -2.15. The van der Waals surface area contributed by atoms with Crippen molar-refractivity contribution in [1.29, 1.82) is 0 Å². The second-order valence-electron chi connectivity index (χ2n) is 5.22. The molecule has 0 amide bonds. The first-order valence-electron chi connectivity index (χ1n) is 7.17. The Morgan fingerprint density at radius 3 is 2.90 bits per heavy atom. The molecule has 0 aliphatic carbocycles. The Bertz CT molecular complexity index is 693. The fourth-order valence-corrected chi connectivity index (χ4v) is 3.56. The molecular formula is C17H19N3S. The Kier molecular flexibility index (Phi) is 4.60. The number of nitrogens with two attached hydrogens (primary N) is 1. The van der Waals surface area contributed by atoms with E-state index in [1.54, 1.807) is 17.5 Å². The van der Waals surface area contributed by atoms with Crippen molar-refractivity contribution in [2.24, 2.45) is 5.84 Å². The summed E-state index contributed by atoms with van der Waals surface area (Å²) in [6.45, 7) is 0. The molecule has 0 saturated carbocycles. The summed E-state index contributed by atoms with van der Waals surface area (Å²) in [7, 11) is 0. The van der Waals surface area contributed by atoms with Gasteiger partial charge in [-0.3, -0.25) is 16.3 Å². The van der Waals surface area contributed by atoms with Crippen LogP contribution in [0, 0.1) is 0 Å². The third kappa shape index (κ3) is 3.47. The minimum atomic E-state index is 0.281. The third-order valence-electron chi connectivity index (χ3n) is 3.77. The van der Waals surface area contributed by atoms with Gasteiger partial charge in [-0.05, 0) is 53.3 Å². The molecule has 0 spiro atoms. The average molecular weight is 297 g/mol. The van der Waals surface area contributed by atoms with Crippen LogP contribution in [0.25, 0.3) is 10.1 Å². The molecule has 1 aromatic carbocycles. The van der Waals surface area contributed by atoms with Crippen LogP contribution < -0.4 is 11.3 Å². The molecule has 3 rings (SSSR count). The normalized spacial score (nSPS) is 12.6. The van der Waals surface area contributed by atoms with E-state index in [0.717, 1.165) is 19.3 Å². The molecule has 108 valence electrons. The quantitative estimate of drug-likeness (QED) is 0.542. The predicted octanol–water partition coefficient (Wildman–Crippen LogP) is 3.30. The first kappa shape index (κ1) is 14.2. The highest BCUT2D eigenvalue weighted by Gasteiger charge is 2.11. The van der Waals surface area contributed by atoms with Crippen molar-refractivity contribution in [1.82, 2.24) is 10.4 Å². The highest BCUT2D eigenvalue weighted by atomic mass is 32.1. The summed E-state index contributed by atoms with van der Waals surface area (Å²) in [5.41, 5.74) is 5.60. The van der Waals surface area contributed by atoms with Crippen molar-refractivity contribution < 1.29 is 0 Å². The van der Waals surface area contributed by atoms with Crippen molar-refractivity contribution in [2.45, 2.75) is 25.3 Å². The van der Waals surface area contributed by atoms with Crippen LogP contribution in [0.5, 0.6) is 0 Å². The highest BCUT2D eigenvalue weighted by molar-refractivity contribution is 7.17. The molecule has 0 aliphatic rings. The lowest BCUT2D eigenvalue weighted by Crippen LogP contribution is -2.37. The van der Waals surface area contributed by atoms with Gasteiger partial charge in [0.05, 0.1) is 0 Å². The number of hydrazine groups is 1. The summed E-state index contributed by atoms with van der Waals surface area (Å²) in [5, 5.41) is 3.60. The Hall–Kier alpha value is -1.75. The molecule has 2 aromatic heterocycles. The number of benzene rings is 1. The van der Waals surface area contributed by atoms with E-state index in [4.69, 9.17) is 5.84 Å². The Morgan fingerprint density at radius 1 is 1.19 bits per heavy atom. The van der Waals surface area contributed by atoms with Gasteiger partial charge in [0.1, 0.15) is 0 Å². The average Bonchev–Trinajstić information content (AvgIpc) is 2.95. The first-order chi connectivity index (χ1) is 10.4. The monoisotopic (exact) mass is 297 g/mol. The molecule has 21 heavy (non-hydrogen) atoms. The van der Waals surface area contributed by atoms with Crippen LogP contribution in [0.4, 0.5) is 0 Å². The summed E-state index contributed by atoms with van der Waals surface area (Å²) in [5.74, 6) is 5.74. The zero-order chi connectivity index (χ0) is 14.5. The zero-order valence-corrected chi connectivity index (χ0v) is 12.6. The van der Waals surface area contributed by atoms with Crippen LogP contribution in [-0.2, 0) is 12.8 Å². The van der Waals surface area contributed by atoms with Crippen molar-refractivity contribution in [2.75, 3.05) is 0 Å². The molecule has 3 aromatic rings. The number of hydrogen-bond acceptors (Lipinski definition) is 4. The van der Waals surface area contributed by atoms with Crippen LogP contribution in [0.3, 0.4) is 0 Å². The number of rotatable bonds is 6. The number of aryl methyl sites for hydroxylation is 1. The van der Waals surface area contributed by atoms with Crippen molar-refractivity contribution in [3.8, 4) is 0 Å². The smallest absolute Gasteiger partial charge is 0.0345 e. The van der Waals surface area contributed by atoms with Gasteiger partial charge in [0, 0.05) is 23.1 Å². The first-order valence-corrected chi connectivity index (χ1v) is 8.05. The topological polar surface area (TPSA) is 50.9 Å². The maximum absolute atomic E-state index is 5.74. The SMILES string of the molecule is NNC(CCc1cccnc1)Cc1csc2ccccc12. The van der Waals surface area contributed by atoms with Gasteiger partial charge >= 0.3 is 0 Å². The van der Waals surface area contributed by atoms with Gasteiger partial charge in [-0.2, -0.15) is 0 Å². The number of pyridine rings is 1. The van der Waals surface area contributed by atoms with Gasteiger partial charge in [0.15, 0.2) is 0 Å². The maximum Gasteiger partial charge on any atom is 0.0345 e. The summed E-state index contributed by atoms with van der Waals surface area (Å²) >= 11 is 1.80. The number of hydrogen-bond donors (Lipinski definition) is 2. The van der Waals surface area contributed by atoms with Crippen LogP contribution in [0.15, 0.2) is 54.2 Å². The molecule has 1 atom stereocenters. The second kappa shape index (κ2) is 6.80. The van der Waals surface area contributed by atoms with Gasteiger partial charge in [-0.1, -0.05) is 24.3 Å². The van der Waals surface area contributed by atoms with E-state index in [9.17, 15) is 0 Å². The molecule has 3 N–H and O–H groups in total. The lowest BCUT2D eigenvalue weighted by atomic mass is 10.00. The maximum atomic E-state index is 5.74. The third-order valence-corrected chi connectivity index (χ3v) is 4.78. The Balaban J connectivity index is 1.67. The van der Waals surface area contributed by atoms with Gasteiger partial charge in [0.25, 0.3) is 0 Å². The molecule has 0 aliphatic heterocycles. The number of fused-ring (bicyclic) bond motifs is 1. The van der Waals surface area contributed by atoms with Crippen LogP contribution in [0.1, 0.15) is 17.5 Å². The fraction of sp³-hybridized carbons (Fsp3) is 0.235. The second-order valence-corrected chi connectivity index (χ2v) is 6.14. The minimum absolute atomic E-state index is 0.281. The minimum Gasteiger partial charge on any atom is -0.271 e. The fourth-order valence-electron chi connectivity index (χ4n) is 2.59. The molecule has 0 saturated heterocycles. The predicted molar refractivity (Wildman–Crippen MR) is 89.2 cm³/mol. The molecular weight excluding hydrogens is 278 g/mol. The zero-order valence-electron chi connectivity index (χ0n) is 11.8. The molecule has 3 nitrogen and oxygen atoms in total. The van der Waals surface area contributed by atoms with Gasteiger partial charge < -0.3 is 0 Å². The van der Waals surface area contributed by atoms with E-state index in [1.165, 1.54) is 21.2 Å². The summed E-state index contributed by atoms with van der Waals surface area (Å²) < 4.78 is 1.34. The Labute approximate surface area is 128 Å². The summed E-state index contributed by atoms with van der Waals surface area (Å²) in [4.78, 5) is 4.16. The number of nitrogens with one attached hydrogen (secondary N) is 1. The van der Waals surface area contributed by atoms with E-state index in [-0.39, 0.29) is 6.04 Å². The summed E-state index contributed by atoms with van der Waals surface area (Å²) in [6.07, 6.45) is 6.69. The molecule has 2 heterocycles. The van der Waals surface area contributed by atoms with E-state index in [0.29, 0.717) is 0 Å². The van der Waals surface area contributed by atoms with E-state index < -0.39 is 0 Å². The molecule has 0 bridgehead atoms. The standard InChI is InChI=1S/C17H19N3S/c18-20-15(8-7-13-4-3-9-19-11-13)10-14-12-21-17-6-2-1-5-16(14)17/h1-6,9,11-12,15,20H,7-8,10,18H2. The molecule has 0 fully saturated rings. The lowest BCUT2D eigenvalue weighted by molar-refractivity contribution is 0.492. The molecule has 1 unspecified atom stereocenters. The van der Waals surface area contributed by atoms with E-state index >= 15 is 0 Å².